The van der Waals surface area contributed by atoms with Crippen LogP contribution in [0, 0.1) is 0 Å². The van der Waals surface area contributed by atoms with Crippen molar-refractivity contribution in [3.63, 3.8) is 0 Å². The van der Waals surface area contributed by atoms with Crippen LogP contribution in [0.15, 0.2) is 12.7 Å². The molecule has 1 saturated carbocycles. The molecule has 0 aromatic carbocycles. The fourth-order valence-corrected chi connectivity index (χ4v) is 5.28. The van der Waals surface area contributed by atoms with Gasteiger partial charge in [0.05, 0.1) is 22.4 Å². The standard InChI is InChI=1S/C14H25NO3S/c1-5-6-9-14-10-7-8-11(16)12(14)15(14)19(17,18)13(2,3)4/h5,11-12,16H,1,6-10H2,2-4H3/t11-,12-,14+,15?/m1/s1. The number of fused-ring (bicyclic) bond motifs is 1. The summed E-state index contributed by atoms with van der Waals surface area (Å²) in [5, 5.41) is 10.2. The Kier molecular flexibility index (Phi) is 3.61. The second kappa shape index (κ2) is 4.57. The number of allylic oxidation sites excluding steroid dienone is 1. The first-order valence-electron chi connectivity index (χ1n) is 7.01. The van der Waals surface area contributed by atoms with E-state index in [2.05, 4.69) is 6.58 Å². The zero-order valence-electron chi connectivity index (χ0n) is 12.1. The van der Waals surface area contributed by atoms with Crippen molar-refractivity contribution in [3.05, 3.63) is 12.7 Å². The van der Waals surface area contributed by atoms with Gasteiger partial charge < -0.3 is 5.11 Å². The predicted octanol–water partition coefficient (Wildman–Crippen LogP) is 2.05. The van der Waals surface area contributed by atoms with Gasteiger partial charge in [-0.2, -0.15) is 4.31 Å². The van der Waals surface area contributed by atoms with E-state index in [0.29, 0.717) is 6.42 Å². The summed E-state index contributed by atoms with van der Waals surface area (Å²) in [4.78, 5) is 0. The molecule has 4 nitrogen and oxygen atoms in total. The van der Waals surface area contributed by atoms with E-state index in [-0.39, 0.29) is 11.6 Å². The first-order chi connectivity index (χ1) is 8.68. The number of hydrogen-bond donors (Lipinski definition) is 1. The third kappa shape index (κ3) is 2.16. The molecule has 0 bridgehead atoms. The summed E-state index contributed by atoms with van der Waals surface area (Å²) in [6.07, 6.45) is 5.33. The molecule has 0 radical (unpaired) electrons. The number of aliphatic hydroxyl groups is 1. The Morgan fingerprint density at radius 3 is 2.63 bits per heavy atom. The van der Waals surface area contributed by atoms with Crippen LogP contribution >= 0.6 is 0 Å². The average Bonchev–Trinajstić information content (AvgIpc) is 2.96. The Morgan fingerprint density at radius 1 is 1.47 bits per heavy atom. The molecule has 0 spiro atoms. The minimum absolute atomic E-state index is 0.217. The van der Waals surface area contributed by atoms with E-state index in [1.807, 2.05) is 6.08 Å². The molecule has 4 atom stereocenters. The van der Waals surface area contributed by atoms with Gasteiger partial charge in [-0.3, -0.25) is 0 Å². The molecule has 1 heterocycles. The number of hydrogen-bond acceptors (Lipinski definition) is 3. The molecule has 2 rings (SSSR count). The van der Waals surface area contributed by atoms with Crippen molar-refractivity contribution in [3.8, 4) is 0 Å². The highest BCUT2D eigenvalue weighted by molar-refractivity contribution is 7.90. The Balaban J connectivity index is 2.33. The lowest BCUT2D eigenvalue weighted by molar-refractivity contribution is 0.132. The van der Waals surface area contributed by atoms with Crippen molar-refractivity contribution in [2.75, 3.05) is 0 Å². The van der Waals surface area contributed by atoms with Crippen LogP contribution in [0.1, 0.15) is 52.9 Å². The molecule has 5 heteroatoms. The summed E-state index contributed by atoms with van der Waals surface area (Å²) in [6.45, 7) is 8.89. The second-order valence-corrected chi connectivity index (χ2v) is 9.32. The monoisotopic (exact) mass is 287 g/mol. The fraction of sp³-hybridized carbons (Fsp3) is 0.857. The summed E-state index contributed by atoms with van der Waals surface area (Å²) in [5.41, 5.74) is -0.349. The number of sulfonamides is 1. The van der Waals surface area contributed by atoms with E-state index >= 15 is 0 Å². The second-order valence-electron chi connectivity index (χ2n) is 6.75. The molecule has 2 fully saturated rings. The van der Waals surface area contributed by atoms with E-state index < -0.39 is 20.9 Å². The zero-order valence-corrected chi connectivity index (χ0v) is 12.9. The van der Waals surface area contributed by atoms with Gasteiger partial charge in [-0.1, -0.05) is 6.08 Å². The van der Waals surface area contributed by atoms with E-state index in [0.717, 1.165) is 25.7 Å². The summed E-state index contributed by atoms with van der Waals surface area (Å²) in [5.74, 6) is 0. The zero-order chi connectivity index (χ0) is 14.5. The fourth-order valence-electron chi connectivity index (χ4n) is 3.33. The quantitative estimate of drug-likeness (QED) is 0.636. The molecule has 1 aliphatic carbocycles. The third-order valence-corrected chi connectivity index (χ3v) is 7.12. The van der Waals surface area contributed by atoms with Gasteiger partial charge in [0.2, 0.25) is 10.0 Å². The Bertz CT molecular complexity index is 466. The van der Waals surface area contributed by atoms with Crippen LogP contribution in [-0.4, -0.2) is 40.3 Å². The summed E-state index contributed by atoms with van der Waals surface area (Å²) >= 11 is 0. The molecule has 0 aromatic rings. The van der Waals surface area contributed by atoms with Crippen LogP contribution in [0.25, 0.3) is 0 Å². The third-order valence-electron chi connectivity index (χ3n) is 4.46. The van der Waals surface area contributed by atoms with Crippen LogP contribution in [0.3, 0.4) is 0 Å². The minimum atomic E-state index is -3.37. The molecule has 19 heavy (non-hydrogen) atoms. The first kappa shape index (κ1) is 15.0. The van der Waals surface area contributed by atoms with Gasteiger partial charge in [0, 0.05) is 0 Å². The summed E-state index contributed by atoms with van der Waals surface area (Å²) < 4.78 is 26.2. The maximum absolute atomic E-state index is 12.7. The van der Waals surface area contributed by atoms with Gasteiger partial charge in [0.25, 0.3) is 0 Å². The lowest BCUT2D eigenvalue weighted by Crippen LogP contribution is -2.37. The molecule has 1 N–H and O–H groups in total. The van der Waals surface area contributed by atoms with Gasteiger partial charge >= 0.3 is 0 Å². The molecular weight excluding hydrogens is 262 g/mol. The average molecular weight is 287 g/mol. The molecule has 2 aliphatic rings. The normalized spacial score (nSPS) is 38.6. The van der Waals surface area contributed by atoms with Crippen LogP contribution < -0.4 is 0 Å². The van der Waals surface area contributed by atoms with Gasteiger partial charge in [-0.15, -0.1) is 6.58 Å². The lowest BCUT2D eigenvalue weighted by atomic mass is 9.84. The molecule has 0 aromatic heterocycles. The SMILES string of the molecule is C=CCC[C@]12CCC[C@@H](O)[C@H]1N2S(=O)(=O)C(C)(C)C. The van der Waals surface area contributed by atoms with Crippen molar-refractivity contribution in [1.29, 1.82) is 0 Å². The highest BCUT2D eigenvalue weighted by Crippen LogP contribution is 2.57. The minimum Gasteiger partial charge on any atom is -0.391 e. The van der Waals surface area contributed by atoms with Crippen LogP contribution in [0.2, 0.25) is 0 Å². The Morgan fingerprint density at radius 2 is 2.11 bits per heavy atom. The highest BCUT2D eigenvalue weighted by atomic mass is 32.2. The van der Waals surface area contributed by atoms with Crippen molar-refractivity contribution < 1.29 is 13.5 Å². The van der Waals surface area contributed by atoms with Gasteiger partial charge in [-0.25, -0.2) is 8.42 Å². The molecular formula is C14H25NO3S. The van der Waals surface area contributed by atoms with Crippen molar-refractivity contribution in [2.45, 2.75) is 75.3 Å². The van der Waals surface area contributed by atoms with E-state index in [4.69, 9.17) is 0 Å². The van der Waals surface area contributed by atoms with Crippen molar-refractivity contribution >= 4 is 10.0 Å². The maximum Gasteiger partial charge on any atom is 0.220 e. The highest BCUT2D eigenvalue weighted by Gasteiger charge is 2.71. The molecule has 1 aliphatic heterocycles. The first-order valence-corrected chi connectivity index (χ1v) is 8.45. The topological polar surface area (TPSA) is 57.4 Å². The van der Waals surface area contributed by atoms with Crippen LogP contribution in [-0.2, 0) is 10.0 Å². The van der Waals surface area contributed by atoms with E-state index in [1.54, 1.807) is 25.1 Å². The van der Waals surface area contributed by atoms with Gasteiger partial charge in [0.1, 0.15) is 0 Å². The van der Waals surface area contributed by atoms with Crippen molar-refractivity contribution in [1.82, 2.24) is 4.31 Å². The van der Waals surface area contributed by atoms with E-state index in [9.17, 15) is 13.5 Å². The molecule has 1 unspecified atom stereocenters. The summed E-state index contributed by atoms with van der Waals surface area (Å²) in [6, 6.07) is -0.217. The smallest absolute Gasteiger partial charge is 0.220 e. The predicted molar refractivity (Wildman–Crippen MR) is 76.3 cm³/mol. The number of aliphatic hydroxyl groups excluding tert-OH is 1. The molecule has 110 valence electrons. The maximum atomic E-state index is 12.7. The largest absolute Gasteiger partial charge is 0.391 e. The molecule has 0 amide bonds. The Labute approximate surface area is 116 Å². The van der Waals surface area contributed by atoms with Gasteiger partial charge in [-0.05, 0) is 52.9 Å². The number of rotatable bonds is 4. The van der Waals surface area contributed by atoms with Crippen LogP contribution in [0.4, 0.5) is 0 Å². The van der Waals surface area contributed by atoms with Gasteiger partial charge in [0.15, 0.2) is 0 Å². The van der Waals surface area contributed by atoms with Crippen LogP contribution in [0.5, 0.6) is 0 Å². The Hall–Kier alpha value is -0.390. The summed E-state index contributed by atoms with van der Waals surface area (Å²) in [7, 11) is -3.37. The van der Waals surface area contributed by atoms with E-state index in [1.165, 1.54) is 0 Å². The lowest BCUT2D eigenvalue weighted by Gasteiger charge is -2.24. The number of nitrogens with zero attached hydrogens (tertiary/aromatic N) is 1. The molecule has 1 saturated heterocycles. The van der Waals surface area contributed by atoms with Crippen molar-refractivity contribution in [2.24, 2.45) is 0 Å².